The molecule has 1 aliphatic heterocycles. The van der Waals surface area contributed by atoms with Crippen LogP contribution in [0.5, 0.6) is 0 Å². The third-order valence-corrected chi connectivity index (χ3v) is 3.55. The standard InChI is InChI=1S/C12H22N2O2/c1-2-14(9-11-7-4-8-16-11)12(15)13-10-5-3-6-10/h10-11H,2-9H2,1H3,(H,13,15). The summed E-state index contributed by atoms with van der Waals surface area (Å²) >= 11 is 0. The molecule has 0 bridgehead atoms. The van der Waals surface area contributed by atoms with Crippen LogP contribution in [-0.2, 0) is 4.74 Å². The summed E-state index contributed by atoms with van der Waals surface area (Å²) in [7, 11) is 0. The van der Waals surface area contributed by atoms with Gasteiger partial charge in [-0.25, -0.2) is 4.79 Å². The van der Waals surface area contributed by atoms with Gasteiger partial charge in [0.25, 0.3) is 0 Å². The molecule has 0 radical (unpaired) electrons. The van der Waals surface area contributed by atoms with Crippen molar-refractivity contribution in [3.63, 3.8) is 0 Å². The van der Waals surface area contributed by atoms with E-state index in [0.717, 1.165) is 45.4 Å². The third kappa shape index (κ3) is 2.88. The molecule has 2 fully saturated rings. The van der Waals surface area contributed by atoms with E-state index in [1.807, 2.05) is 11.8 Å². The lowest BCUT2D eigenvalue weighted by molar-refractivity contribution is 0.0814. The van der Waals surface area contributed by atoms with Gasteiger partial charge in [-0.05, 0) is 39.0 Å². The largest absolute Gasteiger partial charge is 0.376 e. The first-order valence-corrected chi connectivity index (χ1v) is 6.46. The minimum atomic E-state index is 0.0858. The van der Waals surface area contributed by atoms with Crippen molar-refractivity contribution in [3.8, 4) is 0 Å². The summed E-state index contributed by atoms with van der Waals surface area (Å²) in [5.74, 6) is 0. The van der Waals surface area contributed by atoms with Crippen LogP contribution in [0.4, 0.5) is 4.79 Å². The van der Waals surface area contributed by atoms with Crippen LogP contribution in [0, 0.1) is 0 Å². The fourth-order valence-electron chi connectivity index (χ4n) is 2.21. The van der Waals surface area contributed by atoms with E-state index in [9.17, 15) is 4.79 Å². The molecule has 1 saturated carbocycles. The number of urea groups is 1. The monoisotopic (exact) mass is 226 g/mol. The van der Waals surface area contributed by atoms with E-state index in [4.69, 9.17) is 4.74 Å². The zero-order valence-electron chi connectivity index (χ0n) is 10.1. The maximum atomic E-state index is 11.9. The number of rotatable bonds is 4. The Morgan fingerprint density at radius 3 is 2.69 bits per heavy atom. The normalized spacial score (nSPS) is 25.2. The van der Waals surface area contributed by atoms with E-state index in [1.165, 1.54) is 6.42 Å². The summed E-state index contributed by atoms with van der Waals surface area (Å²) in [5, 5.41) is 3.07. The maximum Gasteiger partial charge on any atom is 0.317 e. The highest BCUT2D eigenvalue weighted by atomic mass is 16.5. The summed E-state index contributed by atoms with van der Waals surface area (Å²) in [4.78, 5) is 13.8. The molecule has 4 nitrogen and oxygen atoms in total. The number of carbonyl (C=O) groups excluding carboxylic acids is 1. The predicted molar refractivity (Wildman–Crippen MR) is 62.4 cm³/mol. The van der Waals surface area contributed by atoms with Gasteiger partial charge in [0.1, 0.15) is 0 Å². The van der Waals surface area contributed by atoms with Crippen LogP contribution < -0.4 is 5.32 Å². The van der Waals surface area contributed by atoms with E-state index in [0.29, 0.717) is 6.04 Å². The van der Waals surface area contributed by atoms with Crippen molar-refractivity contribution in [3.05, 3.63) is 0 Å². The van der Waals surface area contributed by atoms with Crippen molar-refractivity contribution in [1.82, 2.24) is 10.2 Å². The van der Waals surface area contributed by atoms with Crippen LogP contribution in [-0.4, -0.2) is 42.8 Å². The Bertz CT molecular complexity index is 235. The summed E-state index contributed by atoms with van der Waals surface area (Å²) in [5.41, 5.74) is 0. The van der Waals surface area contributed by atoms with Crippen molar-refractivity contribution >= 4 is 6.03 Å². The van der Waals surface area contributed by atoms with Gasteiger partial charge in [0.2, 0.25) is 0 Å². The highest BCUT2D eigenvalue weighted by Gasteiger charge is 2.25. The number of likely N-dealkylation sites (N-methyl/N-ethyl adjacent to an activating group) is 1. The number of hydrogen-bond donors (Lipinski definition) is 1. The van der Waals surface area contributed by atoms with Crippen molar-refractivity contribution < 1.29 is 9.53 Å². The molecule has 1 saturated heterocycles. The minimum absolute atomic E-state index is 0.0858. The lowest BCUT2D eigenvalue weighted by Crippen LogP contribution is -2.49. The molecule has 2 rings (SSSR count). The molecule has 16 heavy (non-hydrogen) atoms. The Balaban J connectivity index is 1.75. The molecule has 0 spiro atoms. The van der Waals surface area contributed by atoms with Gasteiger partial charge in [-0.1, -0.05) is 0 Å². The molecule has 0 aromatic carbocycles. The Morgan fingerprint density at radius 1 is 1.38 bits per heavy atom. The SMILES string of the molecule is CCN(CC1CCCO1)C(=O)NC1CCC1. The van der Waals surface area contributed by atoms with Crippen LogP contribution in [0.15, 0.2) is 0 Å². The van der Waals surface area contributed by atoms with Gasteiger partial charge in [0.15, 0.2) is 0 Å². The highest BCUT2D eigenvalue weighted by molar-refractivity contribution is 5.74. The van der Waals surface area contributed by atoms with Crippen molar-refractivity contribution in [2.75, 3.05) is 19.7 Å². The van der Waals surface area contributed by atoms with Crippen molar-refractivity contribution in [2.45, 2.75) is 51.2 Å². The number of nitrogens with one attached hydrogen (secondary N) is 1. The lowest BCUT2D eigenvalue weighted by Gasteiger charge is -2.31. The summed E-state index contributed by atoms with van der Waals surface area (Å²) in [6.07, 6.45) is 6.02. The number of amides is 2. The average molecular weight is 226 g/mol. The second kappa shape index (κ2) is 5.53. The number of carbonyl (C=O) groups is 1. The molecule has 1 unspecified atom stereocenters. The topological polar surface area (TPSA) is 41.6 Å². The molecule has 1 N–H and O–H groups in total. The summed E-state index contributed by atoms with van der Waals surface area (Å²) in [6.45, 7) is 4.38. The summed E-state index contributed by atoms with van der Waals surface area (Å²) < 4.78 is 5.56. The smallest absolute Gasteiger partial charge is 0.317 e. The zero-order valence-corrected chi connectivity index (χ0v) is 10.1. The van der Waals surface area contributed by atoms with Crippen molar-refractivity contribution in [1.29, 1.82) is 0 Å². The maximum absolute atomic E-state index is 11.9. The number of nitrogens with zero attached hydrogens (tertiary/aromatic N) is 1. The molecule has 92 valence electrons. The predicted octanol–water partition coefficient (Wildman–Crippen LogP) is 1.75. The summed E-state index contributed by atoms with van der Waals surface area (Å²) in [6, 6.07) is 0.508. The molecular formula is C12H22N2O2. The Morgan fingerprint density at radius 2 is 2.19 bits per heavy atom. The Labute approximate surface area is 97.3 Å². The molecule has 2 amide bonds. The van der Waals surface area contributed by atoms with Gasteiger partial charge in [0, 0.05) is 25.7 Å². The van der Waals surface area contributed by atoms with E-state index >= 15 is 0 Å². The first-order chi connectivity index (χ1) is 7.79. The first kappa shape index (κ1) is 11.7. The number of hydrogen-bond acceptors (Lipinski definition) is 2. The fourth-order valence-corrected chi connectivity index (χ4v) is 2.21. The molecule has 2 aliphatic rings. The number of ether oxygens (including phenoxy) is 1. The van der Waals surface area contributed by atoms with Gasteiger partial charge >= 0.3 is 6.03 Å². The van der Waals surface area contributed by atoms with E-state index in [-0.39, 0.29) is 12.1 Å². The Kier molecular flexibility index (Phi) is 4.04. The van der Waals surface area contributed by atoms with E-state index in [1.54, 1.807) is 0 Å². The molecule has 1 heterocycles. The quantitative estimate of drug-likeness (QED) is 0.793. The van der Waals surface area contributed by atoms with Gasteiger partial charge < -0.3 is 15.0 Å². The van der Waals surface area contributed by atoms with Crippen LogP contribution >= 0.6 is 0 Å². The minimum Gasteiger partial charge on any atom is -0.376 e. The van der Waals surface area contributed by atoms with Crippen LogP contribution in [0.2, 0.25) is 0 Å². The van der Waals surface area contributed by atoms with Gasteiger partial charge in [-0.15, -0.1) is 0 Å². The van der Waals surface area contributed by atoms with Gasteiger partial charge in [-0.2, -0.15) is 0 Å². The van der Waals surface area contributed by atoms with E-state index < -0.39 is 0 Å². The van der Waals surface area contributed by atoms with Crippen molar-refractivity contribution in [2.24, 2.45) is 0 Å². The van der Waals surface area contributed by atoms with Crippen LogP contribution in [0.3, 0.4) is 0 Å². The Hall–Kier alpha value is -0.770. The average Bonchev–Trinajstić information content (AvgIpc) is 2.72. The van der Waals surface area contributed by atoms with Gasteiger partial charge in [0.05, 0.1) is 6.10 Å². The second-order valence-electron chi connectivity index (χ2n) is 4.75. The molecule has 0 aromatic heterocycles. The van der Waals surface area contributed by atoms with E-state index in [2.05, 4.69) is 5.32 Å². The molecule has 1 atom stereocenters. The zero-order chi connectivity index (χ0) is 11.4. The van der Waals surface area contributed by atoms with Gasteiger partial charge in [-0.3, -0.25) is 0 Å². The molecule has 1 aliphatic carbocycles. The molecule has 4 heteroatoms. The first-order valence-electron chi connectivity index (χ1n) is 6.46. The lowest BCUT2D eigenvalue weighted by atomic mass is 9.93. The molecule has 0 aromatic rings. The van der Waals surface area contributed by atoms with Crippen LogP contribution in [0.1, 0.15) is 39.0 Å². The molecular weight excluding hydrogens is 204 g/mol. The van der Waals surface area contributed by atoms with Crippen LogP contribution in [0.25, 0.3) is 0 Å². The fraction of sp³-hybridized carbons (Fsp3) is 0.917. The second-order valence-corrected chi connectivity index (χ2v) is 4.75. The highest BCUT2D eigenvalue weighted by Crippen LogP contribution is 2.19. The third-order valence-electron chi connectivity index (χ3n) is 3.55.